The molecule has 1 unspecified atom stereocenters. The average Bonchev–Trinajstić information content (AvgIpc) is 2.74. The molecule has 0 spiro atoms. The lowest BCUT2D eigenvalue weighted by molar-refractivity contribution is 0.172. The lowest BCUT2D eigenvalue weighted by Crippen LogP contribution is -2.52. The van der Waals surface area contributed by atoms with E-state index in [-0.39, 0.29) is 24.0 Å². The molecule has 1 aliphatic rings. The standard InChI is InChI=1S/C20H34N4O3S.HI/c1-15(28-6)13-22-20(21-2)24-9-7-23(8-10-24)14-16-11-17(25-3)19(27-5)18(12-16)26-4;/h11-12,15H,7-10,13-14H2,1-6H3,(H,21,22);1H. The Bertz CT molecular complexity index is 630. The van der Waals surface area contributed by atoms with E-state index in [1.54, 1.807) is 21.3 Å². The lowest BCUT2D eigenvalue weighted by atomic mass is 10.1. The highest BCUT2D eigenvalue weighted by Gasteiger charge is 2.21. The highest BCUT2D eigenvalue weighted by Crippen LogP contribution is 2.38. The van der Waals surface area contributed by atoms with E-state index >= 15 is 0 Å². The summed E-state index contributed by atoms with van der Waals surface area (Å²) in [6, 6.07) is 4.05. The van der Waals surface area contributed by atoms with Crippen molar-refractivity contribution in [2.45, 2.75) is 18.7 Å². The van der Waals surface area contributed by atoms with Crippen LogP contribution in [0.25, 0.3) is 0 Å². The molecule has 1 saturated heterocycles. The van der Waals surface area contributed by atoms with Crippen molar-refractivity contribution in [1.82, 2.24) is 15.1 Å². The van der Waals surface area contributed by atoms with Gasteiger partial charge in [0.25, 0.3) is 0 Å². The van der Waals surface area contributed by atoms with E-state index in [1.807, 2.05) is 30.9 Å². The van der Waals surface area contributed by atoms with Crippen molar-refractivity contribution >= 4 is 41.7 Å². The lowest BCUT2D eigenvalue weighted by Gasteiger charge is -2.36. The number of ether oxygens (including phenoxy) is 3. The summed E-state index contributed by atoms with van der Waals surface area (Å²) in [4.78, 5) is 9.22. The first-order valence-electron chi connectivity index (χ1n) is 9.55. The Kier molecular flexibility index (Phi) is 11.9. The summed E-state index contributed by atoms with van der Waals surface area (Å²) in [7, 11) is 6.78. The maximum absolute atomic E-state index is 5.47. The highest BCUT2D eigenvalue weighted by molar-refractivity contribution is 14.0. The number of rotatable bonds is 8. The number of thioether (sulfide) groups is 1. The smallest absolute Gasteiger partial charge is 0.203 e. The molecule has 1 N–H and O–H groups in total. The monoisotopic (exact) mass is 538 g/mol. The van der Waals surface area contributed by atoms with Crippen molar-refractivity contribution in [3.63, 3.8) is 0 Å². The van der Waals surface area contributed by atoms with Crippen molar-refractivity contribution in [2.24, 2.45) is 4.99 Å². The summed E-state index contributed by atoms with van der Waals surface area (Å²) < 4.78 is 16.4. The molecule has 1 atom stereocenters. The molecule has 7 nitrogen and oxygen atoms in total. The molecule has 0 radical (unpaired) electrons. The van der Waals surface area contributed by atoms with Crippen LogP contribution in [0.2, 0.25) is 0 Å². The number of guanidine groups is 1. The van der Waals surface area contributed by atoms with Crippen LogP contribution in [-0.4, -0.2) is 88.4 Å². The Labute approximate surface area is 196 Å². The fourth-order valence-corrected chi connectivity index (χ4v) is 3.50. The number of hydrogen-bond acceptors (Lipinski definition) is 6. The second kappa shape index (κ2) is 13.3. The van der Waals surface area contributed by atoms with E-state index in [9.17, 15) is 0 Å². The molecule has 9 heteroatoms. The Morgan fingerprint density at radius 1 is 1.10 bits per heavy atom. The minimum atomic E-state index is 0. The fraction of sp³-hybridized carbons (Fsp3) is 0.650. The molecule has 1 aromatic rings. The van der Waals surface area contributed by atoms with E-state index in [1.165, 1.54) is 0 Å². The van der Waals surface area contributed by atoms with Crippen LogP contribution < -0.4 is 19.5 Å². The summed E-state index contributed by atoms with van der Waals surface area (Å²) in [5.41, 5.74) is 1.15. The van der Waals surface area contributed by atoms with Crippen LogP contribution in [0.15, 0.2) is 17.1 Å². The second-order valence-corrected chi connectivity index (χ2v) is 8.05. The van der Waals surface area contributed by atoms with Gasteiger partial charge in [0, 0.05) is 51.6 Å². The van der Waals surface area contributed by atoms with Crippen LogP contribution in [-0.2, 0) is 6.54 Å². The van der Waals surface area contributed by atoms with Crippen molar-refractivity contribution in [2.75, 3.05) is 67.4 Å². The molecule has 0 aromatic heterocycles. The molecular formula is C20H35IN4O3S. The van der Waals surface area contributed by atoms with Crippen molar-refractivity contribution in [1.29, 1.82) is 0 Å². The molecule has 1 aromatic carbocycles. The van der Waals surface area contributed by atoms with Gasteiger partial charge in [0.2, 0.25) is 5.75 Å². The summed E-state index contributed by atoms with van der Waals surface area (Å²) >= 11 is 1.86. The first-order chi connectivity index (χ1) is 13.6. The van der Waals surface area contributed by atoms with Gasteiger partial charge < -0.3 is 24.4 Å². The summed E-state index contributed by atoms with van der Waals surface area (Å²) in [6.07, 6.45) is 2.14. The normalized spacial score (nSPS) is 16.1. The number of methoxy groups -OCH3 is 3. The summed E-state index contributed by atoms with van der Waals surface area (Å²) in [6.45, 7) is 7.88. The van der Waals surface area contributed by atoms with Gasteiger partial charge >= 0.3 is 0 Å². The molecule has 0 amide bonds. The number of piperazine rings is 1. The fourth-order valence-electron chi connectivity index (χ4n) is 3.25. The molecular weight excluding hydrogens is 503 g/mol. The van der Waals surface area contributed by atoms with Crippen LogP contribution in [0, 0.1) is 0 Å². The summed E-state index contributed by atoms with van der Waals surface area (Å²) in [5, 5.41) is 4.05. The quantitative estimate of drug-likeness (QED) is 0.311. The van der Waals surface area contributed by atoms with Gasteiger partial charge in [-0.15, -0.1) is 24.0 Å². The van der Waals surface area contributed by atoms with E-state index in [0.29, 0.717) is 22.5 Å². The molecule has 1 aliphatic heterocycles. The first-order valence-corrected chi connectivity index (χ1v) is 10.8. The van der Waals surface area contributed by atoms with Gasteiger partial charge in [0.15, 0.2) is 17.5 Å². The van der Waals surface area contributed by atoms with Gasteiger partial charge in [-0.3, -0.25) is 9.89 Å². The van der Waals surface area contributed by atoms with Crippen molar-refractivity contribution in [3.8, 4) is 17.2 Å². The van der Waals surface area contributed by atoms with E-state index in [0.717, 1.165) is 50.8 Å². The van der Waals surface area contributed by atoms with Crippen LogP contribution in [0.3, 0.4) is 0 Å². The topological polar surface area (TPSA) is 58.6 Å². The van der Waals surface area contributed by atoms with E-state index in [2.05, 4.69) is 33.3 Å². The van der Waals surface area contributed by atoms with Crippen molar-refractivity contribution in [3.05, 3.63) is 17.7 Å². The zero-order valence-electron chi connectivity index (χ0n) is 18.4. The highest BCUT2D eigenvalue weighted by atomic mass is 127. The van der Waals surface area contributed by atoms with Gasteiger partial charge in [-0.2, -0.15) is 11.8 Å². The van der Waals surface area contributed by atoms with E-state index in [4.69, 9.17) is 14.2 Å². The Hall–Kier alpha value is -1.07. The van der Waals surface area contributed by atoms with Gasteiger partial charge in [0.1, 0.15) is 0 Å². The predicted octanol–water partition coefficient (Wildman–Crippen LogP) is 2.77. The van der Waals surface area contributed by atoms with Gasteiger partial charge in [-0.1, -0.05) is 6.92 Å². The molecule has 1 heterocycles. The van der Waals surface area contributed by atoms with Gasteiger partial charge in [-0.25, -0.2) is 0 Å². The number of nitrogens with zero attached hydrogens (tertiary/aromatic N) is 3. The minimum Gasteiger partial charge on any atom is -0.493 e. The molecule has 1 fully saturated rings. The predicted molar refractivity (Wildman–Crippen MR) is 133 cm³/mol. The SMILES string of the molecule is CN=C(NCC(C)SC)N1CCN(Cc2cc(OC)c(OC)c(OC)c2)CC1.I. The third kappa shape index (κ3) is 7.29. The van der Waals surface area contributed by atoms with Gasteiger partial charge in [0.05, 0.1) is 21.3 Å². The van der Waals surface area contributed by atoms with E-state index < -0.39 is 0 Å². The second-order valence-electron chi connectivity index (χ2n) is 6.77. The number of hydrogen-bond donors (Lipinski definition) is 1. The minimum absolute atomic E-state index is 0. The molecule has 0 saturated carbocycles. The van der Waals surface area contributed by atoms with Crippen LogP contribution in [0.1, 0.15) is 12.5 Å². The number of aliphatic imine (C=N–C) groups is 1. The average molecular weight is 538 g/mol. The molecule has 0 bridgehead atoms. The Morgan fingerprint density at radius 2 is 1.69 bits per heavy atom. The molecule has 29 heavy (non-hydrogen) atoms. The molecule has 0 aliphatic carbocycles. The zero-order valence-corrected chi connectivity index (χ0v) is 21.5. The molecule has 166 valence electrons. The third-order valence-corrected chi connectivity index (χ3v) is 5.94. The Balaban J connectivity index is 0.00000420. The van der Waals surface area contributed by atoms with Crippen LogP contribution in [0.5, 0.6) is 17.2 Å². The first kappa shape index (κ1) is 26.0. The maximum Gasteiger partial charge on any atom is 0.203 e. The number of halogens is 1. The van der Waals surface area contributed by atoms with Gasteiger partial charge in [-0.05, 0) is 24.0 Å². The third-order valence-electron chi connectivity index (χ3n) is 4.96. The molecule has 2 rings (SSSR count). The van der Waals surface area contributed by atoms with Crippen LogP contribution in [0.4, 0.5) is 0 Å². The van der Waals surface area contributed by atoms with Crippen LogP contribution >= 0.6 is 35.7 Å². The Morgan fingerprint density at radius 3 is 2.14 bits per heavy atom. The number of benzene rings is 1. The van der Waals surface area contributed by atoms with Crippen molar-refractivity contribution < 1.29 is 14.2 Å². The summed E-state index contributed by atoms with van der Waals surface area (Å²) in [5.74, 6) is 3.02. The maximum atomic E-state index is 5.47. The zero-order chi connectivity index (χ0) is 20.5. The largest absolute Gasteiger partial charge is 0.493 e. The number of nitrogens with one attached hydrogen (secondary N) is 1.